The molecule has 0 aliphatic rings. The largest absolute Gasteiger partial charge is 0.342 e. The number of anilines is 1. The highest BCUT2D eigenvalue weighted by Crippen LogP contribution is 2.19. The van der Waals surface area contributed by atoms with Gasteiger partial charge in [0.2, 0.25) is 5.91 Å². The number of aromatic nitrogens is 6. The number of fused-ring (bicyclic) bond motifs is 1. The lowest BCUT2D eigenvalue weighted by molar-refractivity contribution is -0.116. The summed E-state index contributed by atoms with van der Waals surface area (Å²) in [4.78, 5) is 19.6. The number of imidazole rings is 1. The molecule has 0 saturated heterocycles. The molecule has 0 spiro atoms. The molecule has 0 unspecified atom stereocenters. The van der Waals surface area contributed by atoms with Crippen LogP contribution in [-0.2, 0) is 17.8 Å². The van der Waals surface area contributed by atoms with E-state index in [0.717, 1.165) is 11.0 Å². The molecule has 0 aliphatic heterocycles. The number of amides is 1. The number of tetrazole rings is 1. The number of nitrogens with zero attached hydrogens (tertiary/aromatic N) is 5. The van der Waals surface area contributed by atoms with E-state index in [0.29, 0.717) is 23.5 Å². The molecule has 0 radical (unpaired) electrons. The first kappa shape index (κ1) is 15.9. The second kappa shape index (κ2) is 6.71. The third-order valence-electron chi connectivity index (χ3n) is 3.83. The number of hydrogen-bond donors (Lipinski definition) is 2. The minimum absolute atomic E-state index is 0.0204. The highest BCUT2D eigenvalue weighted by molar-refractivity contribution is 5.92. The first-order chi connectivity index (χ1) is 12.7. The Bertz CT molecular complexity index is 1060. The highest BCUT2D eigenvalue weighted by atomic mass is 19.1. The van der Waals surface area contributed by atoms with Crippen LogP contribution in [0.25, 0.3) is 11.0 Å². The van der Waals surface area contributed by atoms with Crippen molar-refractivity contribution in [3.8, 4) is 0 Å². The summed E-state index contributed by atoms with van der Waals surface area (Å²) in [5, 5.41) is 13.4. The zero-order valence-corrected chi connectivity index (χ0v) is 13.6. The van der Waals surface area contributed by atoms with Crippen LogP contribution in [0.5, 0.6) is 0 Å². The Kier molecular flexibility index (Phi) is 4.10. The van der Waals surface area contributed by atoms with Gasteiger partial charge in [-0.05, 0) is 40.3 Å². The number of halogens is 1. The Labute approximate surface area is 147 Å². The number of nitrogens with one attached hydrogen (secondary N) is 2. The van der Waals surface area contributed by atoms with E-state index in [9.17, 15) is 9.18 Å². The van der Waals surface area contributed by atoms with E-state index in [1.807, 2.05) is 0 Å². The fraction of sp³-hybridized carbons (Fsp3) is 0.118. The normalized spacial score (nSPS) is 11.0. The molecular formula is C17H14FN7O. The van der Waals surface area contributed by atoms with E-state index in [2.05, 4.69) is 30.8 Å². The van der Waals surface area contributed by atoms with Crippen LogP contribution in [0, 0.1) is 5.82 Å². The van der Waals surface area contributed by atoms with Crippen molar-refractivity contribution in [1.29, 1.82) is 0 Å². The van der Waals surface area contributed by atoms with Gasteiger partial charge >= 0.3 is 0 Å². The summed E-state index contributed by atoms with van der Waals surface area (Å²) in [6.07, 6.45) is 1.73. The Hall–Kier alpha value is -3.62. The SMILES string of the molecule is O=C(Cn1cnnn1)Nc1ccc2nc(Cc3ccccc3F)[nH]c2c1. The van der Waals surface area contributed by atoms with Crippen LogP contribution in [-0.4, -0.2) is 36.1 Å². The molecule has 0 bridgehead atoms. The second-order valence-corrected chi connectivity index (χ2v) is 5.74. The second-order valence-electron chi connectivity index (χ2n) is 5.74. The summed E-state index contributed by atoms with van der Waals surface area (Å²) >= 11 is 0. The summed E-state index contributed by atoms with van der Waals surface area (Å²) in [6, 6.07) is 11.9. The third kappa shape index (κ3) is 3.41. The Balaban J connectivity index is 1.50. The molecule has 4 rings (SSSR count). The minimum atomic E-state index is -0.261. The number of carbonyl (C=O) groups is 1. The van der Waals surface area contributed by atoms with Gasteiger partial charge in [-0.1, -0.05) is 18.2 Å². The maximum atomic E-state index is 13.8. The lowest BCUT2D eigenvalue weighted by atomic mass is 10.1. The average Bonchev–Trinajstić information content (AvgIpc) is 3.25. The van der Waals surface area contributed by atoms with Crippen LogP contribution >= 0.6 is 0 Å². The van der Waals surface area contributed by atoms with Gasteiger partial charge in [0.05, 0.1) is 11.0 Å². The van der Waals surface area contributed by atoms with Gasteiger partial charge in [-0.25, -0.2) is 14.1 Å². The van der Waals surface area contributed by atoms with Gasteiger partial charge in [0.1, 0.15) is 24.5 Å². The van der Waals surface area contributed by atoms with E-state index in [1.54, 1.807) is 36.4 Å². The van der Waals surface area contributed by atoms with Crippen molar-refractivity contribution in [3.63, 3.8) is 0 Å². The molecule has 9 heteroatoms. The predicted octanol–water partition coefficient (Wildman–Crippen LogP) is 1.92. The molecule has 1 amide bonds. The van der Waals surface area contributed by atoms with Gasteiger partial charge in [-0.15, -0.1) is 5.10 Å². The number of hydrogen-bond acceptors (Lipinski definition) is 5. The molecule has 0 saturated carbocycles. The molecule has 2 aromatic carbocycles. The smallest absolute Gasteiger partial charge is 0.246 e. The van der Waals surface area contributed by atoms with Crippen molar-refractivity contribution in [1.82, 2.24) is 30.2 Å². The molecule has 2 N–H and O–H groups in total. The maximum Gasteiger partial charge on any atom is 0.246 e. The molecule has 8 nitrogen and oxygen atoms in total. The lowest BCUT2D eigenvalue weighted by Gasteiger charge is -2.04. The topological polar surface area (TPSA) is 101 Å². The van der Waals surface area contributed by atoms with E-state index in [-0.39, 0.29) is 18.3 Å². The third-order valence-corrected chi connectivity index (χ3v) is 3.83. The maximum absolute atomic E-state index is 13.8. The standard InChI is InChI=1S/C17H14FN7O/c18-13-4-2-1-3-11(13)7-16-21-14-6-5-12(8-15(14)22-16)20-17(26)9-25-10-19-23-24-25/h1-6,8,10H,7,9H2,(H,20,26)(H,21,22). The van der Waals surface area contributed by atoms with E-state index in [4.69, 9.17) is 0 Å². The van der Waals surface area contributed by atoms with Crippen LogP contribution in [0.4, 0.5) is 10.1 Å². The van der Waals surface area contributed by atoms with Crippen molar-refractivity contribution < 1.29 is 9.18 Å². The number of aromatic amines is 1. The molecule has 2 heterocycles. The van der Waals surface area contributed by atoms with Gasteiger partial charge in [0, 0.05) is 12.1 Å². The van der Waals surface area contributed by atoms with Gasteiger partial charge < -0.3 is 10.3 Å². The summed E-state index contributed by atoms with van der Waals surface area (Å²) < 4.78 is 15.1. The fourth-order valence-corrected chi connectivity index (χ4v) is 2.65. The van der Waals surface area contributed by atoms with Gasteiger partial charge in [-0.3, -0.25) is 4.79 Å². The molecule has 130 valence electrons. The lowest BCUT2D eigenvalue weighted by Crippen LogP contribution is -2.19. The Morgan fingerprint density at radius 2 is 2.12 bits per heavy atom. The van der Waals surface area contributed by atoms with Crippen molar-refractivity contribution >= 4 is 22.6 Å². The van der Waals surface area contributed by atoms with Crippen LogP contribution in [0.2, 0.25) is 0 Å². The van der Waals surface area contributed by atoms with Crippen LogP contribution in [0.3, 0.4) is 0 Å². The molecule has 26 heavy (non-hydrogen) atoms. The van der Waals surface area contributed by atoms with Crippen molar-refractivity contribution in [3.05, 3.63) is 66.0 Å². The van der Waals surface area contributed by atoms with Crippen molar-refractivity contribution in [2.45, 2.75) is 13.0 Å². The first-order valence-electron chi connectivity index (χ1n) is 7.90. The molecule has 0 atom stereocenters. The highest BCUT2D eigenvalue weighted by Gasteiger charge is 2.09. The van der Waals surface area contributed by atoms with Gasteiger partial charge in [-0.2, -0.15) is 0 Å². The molecule has 0 aliphatic carbocycles. The van der Waals surface area contributed by atoms with Crippen LogP contribution < -0.4 is 5.32 Å². The summed E-state index contributed by atoms with van der Waals surface area (Å²) in [5.74, 6) is 0.147. The van der Waals surface area contributed by atoms with Crippen molar-refractivity contribution in [2.24, 2.45) is 0 Å². The summed E-state index contributed by atoms with van der Waals surface area (Å²) in [6.45, 7) is 0.0204. The minimum Gasteiger partial charge on any atom is -0.342 e. The van der Waals surface area contributed by atoms with Gasteiger partial charge in [0.25, 0.3) is 0 Å². The molecule has 2 aromatic heterocycles. The first-order valence-corrected chi connectivity index (χ1v) is 7.90. The zero-order chi connectivity index (χ0) is 17.9. The Morgan fingerprint density at radius 3 is 2.92 bits per heavy atom. The zero-order valence-electron chi connectivity index (χ0n) is 13.6. The number of rotatable bonds is 5. The number of H-pyrrole nitrogens is 1. The fourth-order valence-electron chi connectivity index (χ4n) is 2.65. The average molecular weight is 351 g/mol. The predicted molar refractivity (Wildman–Crippen MR) is 91.7 cm³/mol. The van der Waals surface area contributed by atoms with Crippen LogP contribution in [0.15, 0.2) is 48.8 Å². The van der Waals surface area contributed by atoms with E-state index >= 15 is 0 Å². The molecular weight excluding hydrogens is 337 g/mol. The van der Waals surface area contributed by atoms with Crippen LogP contribution in [0.1, 0.15) is 11.4 Å². The monoisotopic (exact) mass is 351 g/mol. The van der Waals surface area contributed by atoms with E-state index in [1.165, 1.54) is 17.1 Å². The van der Waals surface area contributed by atoms with E-state index < -0.39 is 0 Å². The number of carbonyl (C=O) groups excluding carboxylic acids is 1. The number of benzene rings is 2. The Morgan fingerprint density at radius 1 is 1.23 bits per heavy atom. The quantitative estimate of drug-likeness (QED) is 0.572. The molecule has 4 aromatic rings. The summed E-state index contributed by atoms with van der Waals surface area (Å²) in [5.41, 5.74) is 2.70. The van der Waals surface area contributed by atoms with Crippen molar-refractivity contribution in [2.75, 3.05) is 5.32 Å². The molecule has 0 fully saturated rings. The summed E-state index contributed by atoms with van der Waals surface area (Å²) in [7, 11) is 0. The van der Waals surface area contributed by atoms with Gasteiger partial charge in [0.15, 0.2) is 0 Å².